The van der Waals surface area contributed by atoms with E-state index in [4.69, 9.17) is 0 Å². The van der Waals surface area contributed by atoms with Gasteiger partial charge in [0.25, 0.3) is 0 Å². The third-order valence-corrected chi connectivity index (χ3v) is 5.49. The van der Waals surface area contributed by atoms with Crippen LogP contribution in [0.2, 0.25) is 0 Å². The van der Waals surface area contributed by atoms with Crippen molar-refractivity contribution in [3.63, 3.8) is 0 Å². The second-order valence-corrected chi connectivity index (χ2v) is 7.45. The van der Waals surface area contributed by atoms with Gasteiger partial charge in [-0.1, -0.05) is 73.7 Å². The molecule has 0 radical (unpaired) electrons. The Labute approximate surface area is 177 Å². The van der Waals surface area contributed by atoms with Crippen LogP contribution in [0.25, 0.3) is 22.4 Å². The number of halogens is 1. The molecular weight excluding hydrogens is 373 g/mol. The first-order chi connectivity index (χ1) is 14.7. The summed E-state index contributed by atoms with van der Waals surface area (Å²) in [5.41, 5.74) is 7.75. The predicted molar refractivity (Wildman–Crippen MR) is 121 cm³/mol. The Kier molecular flexibility index (Phi) is 6.05. The van der Waals surface area contributed by atoms with Crippen LogP contribution in [0.1, 0.15) is 29.7 Å². The number of rotatable bonds is 7. The van der Waals surface area contributed by atoms with E-state index < -0.39 is 0 Å². The lowest BCUT2D eigenvalue weighted by Gasteiger charge is -2.20. The summed E-state index contributed by atoms with van der Waals surface area (Å²) in [4.78, 5) is 0. The van der Waals surface area contributed by atoms with E-state index in [-0.39, 0.29) is 11.7 Å². The number of hydrogen-bond acceptors (Lipinski definition) is 2. The molecule has 0 spiro atoms. The van der Waals surface area contributed by atoms with Crippen LogP contribution >= 0.6 is 0 Å². The van der Waals surface area contributed by atoms with E-state index in [9.17, 15) is 4.39 Å². The van der Waals surface area contributed by atoms with Gasteiger partial charge in [0.1, 0.15) is 5.82 Å². The van der Waals surface area contributed by atoms with Crippen LogP contribution in [0.15, 0.2) is 78.9 Å². The van der Waals surface area contributed by atoms with E-state index in [2.05, 4.69) is 65.8 Å². The van der Waals surface area contributed by atoms with Gasteiger partial charge in [0, 0.05) is 18.0 Å². The number of aromatic nitrogens is 2. The Bertz CT molecular complexity index is 1080. The van der Waals surface area contributed by atoms with Gasteiger partial charge in [0.05, 0.1) is 11.4 Å². The maximum Gasteiger partial charge on any atom is 0.123 e. The molecule has 4 rings (SSSR count). The summed E-state index contributed by atoms with van der Waals surface area (Å²) in [6, 6.07) is 25.5. The number of hydrogen-bond donors (Lipinski definition) is 2. The number of aryl methyl sites for hydroxylation is 1. The molecule has 2 N–H and O–H groups in total. The quantitative estimate of drug-likeness (QED) is 0.404. The largest absolute Gasteiger partial charge is 0.316 e. The van der Waals surface area contributed by atoms with Crippen LogP contribution in [-0.2, 0) is 0 Å². The molecule has 0 aliphatic rings. The molecule has 3 aromatic carbocycles. The van der Waals surface area contributed by atoms with Gasteiger partial charge in [-0.2, -0.15) is 5.10 Å². The fourth-order valence-electron chi connectivity index (χ4n) is 3.92. The Hall–Kier alpha value is -3.24. The van der Waals surface area contributed by atoms with Crippen molar-refractivity contribution in [3.8, 4) is 22.4 Å². The Morgan fingerprint density at radius 3 is 2.13 bits per heavy atom. The number of H-pyrrole nitrogens is 1. The van der Waals surface area contributed by atoms with Gasteiger partial charge >= 0.3 is 0 Å². The van der Waals surface area contributed by atoms with Crippen LogP contribution in [-0.4, -0.2) is 23.3 Å². The van der Waals surface area contributed by atoms with Gasteiger partial charge in [-0.15, -0.1) is 0 Å². The second kappa shape index (κ2) is 9.06. The van der Waals surface area contributed by atoms with E-state index in [1.54, 1.807) is 0 Å². The molecule has 152 valence electrons. The topological polar surface area (TPSA) is 40.7 Å². The smallest absolute Gasteiger partial charge is 0.123 e. The minimum absolute atomic E-state index is 0.168. The first-order valence-electron chi connectivity index (χ1n) is 10.3. The van der Waals surface area contributed by atoms with Gasteiger partial charge in [0.15, 0.2) is 0 Å². The zero-order chi connectivity index (χ0) is 20.9. The third kappa shape index (κ3) is 4.19. The molecule has 1 unspecified atom stereocenters. The van der Waals surface area contributed by atoms with E-state index in [0.29, 0.717) is 0 Å². The number of nitrogens with zero attached hydrogens (tertiary/aromatic N) is 1. The van der Waals surface area contributed by atoms with Crippen molar-refractivity contribution in [1.29, 1.82) is 0 Å². The molecule has 1 aromatic heterocycles. The van der Waals surface area contributed by atoms with Crippen molar-refractivity contribution in [1.82, 2.24) is 15.5 Å². The summed E-state index contributed by atoms with van der Waals surface area (Å²) in [7, 11) is 0. The molecule has 1 heterocycles. The first-order valence-corrected chi connectivity index (χ1v) is 10.3. The van der Waals surface area contributed by atoms with Gasteiger partial charge in [-0.25, -0.2) is 4.39 Å². The minimum Gasteiger partial charge on any atom is -0.316 e. The molecule has 0 amide bonds. The van der Waals surface area contributed by atoms with Crippen LogP contribution in [0.3, 0.4) is 0 Å². The number of aromatic amines is 1. The second-order valence-electron chi connectivity index (χ2n) is 7.45. The molecule has 1 atom stereocenters. The highest BCUT2D eigenvalue weighted by Gasteiger charge is 2.23. The summed E-state index contributed by atoms with van der Waals surface area (Å²) in [5.74, 6) is -0.0499. The third-order valence-electron chi connectivity index (χ3n) is 5.49. The van der Waals surface area contributed by atoms with Crippen molar-refractivity contribution in [3.05, 3.63) is 102 Å². The molecule has 0 aliphatic heterocycles. The molecule has 0 aliphatic carbocycles. The summed E-state index contributed by atoms with van der Waals surface area (Å²) < 4.78 is 13.2. The summed E-state index contributed by atoms with van der Waals surface area (Å²) >= 11 is 0. The van der Waals surface area contributed by atoms with Crippen molar-refractivity contribution >= 4 is 0 Å². The molecule has 0 saturated heterocycles. The fourth-order valence-corrected chi connectivity index (χ4v) is 3.92. The van der Waals surface area contributed by atoms with E-state index in [1.165, 1.54) is 23.3 Å². The SMILES string of the molecule is CCNCC(c1ccc(-c2ccc(F)cc2)cc1)c1c(C)n[nH]c1-c1ccccc1. The van der Waals surface area contributed by atoms with Gasteiger partial charge in [-0.05, 0) is 47.9 Å². The van der Waals surface area contributed by atoms with E-state index >= 15 is 0 Å². The highest BCUT2D eigenvalue weighted by Crippen LogP contribution is 2.35. The van der Waals surface area contributed by atoms with Gasteiger partial charge in [0.2, 0.25) is 0 Å². The Morgan fingerprint density at radius 2 is 1.50 bits per heavy atom. The van der Waals surface area contributed by atoms with Crippen LogP contribution in [0.5, 0.6) is 0 Å². The number of likely N-dealkylation sites (N-methyl/N-ethyl adjacent to an activating group) is 1. The minimum atomic E-state index is -0.218. The van der Waals surface area contributed by atoms with Crippen molar-refractivity contribution in [2.45, 2.75) is 19.8 Å². The molecular formula is C26H26FN3. The summed E-state index contributed by atoms with van der Waals surface area (Å²) in [5, 5.41) is 11.3. The molecule has 0 saturated carbocycles. The molecule has 0 fully saturated rings. The van der Waals surface area contributed by atoms with Crippen molar-refractivity contribution < 1.29 is 4.39 Å². The average molecular weight is 400 g/mol. The van der Waals surface area contributed by atoms with Crippen LogP contribution in [0.4, 0.5) is 4.39 Å². The van der Waals surface area contributed by atoms with Crippen LogP contribution < -0.4 is 5.32 Å². The highest BCUT2D eigenvalue weighted by atomic mass is 19.1. The number of benzene rings is 3. The normalized spacial score (nSPS) is 12.1. The lowest BCUT2D eigenvalue weighted by atomic mass is 9.87. The molecule has 4 heteroatoms. The molecule has 3 nitrogen and oxygen atoms in total. The van der Waals surface area contributed by atoms with Gasteiger partial charge < -0.3 is 5.32 Å². The zero-order valence-electron chi connectivity index (χ0n) is 17.3. The lowest BCUT2D eigenvalue weighted by Crippen LogP contribution is -2.22. The fraction of sp³-hybridized carbons (Fsp3) is 0.192. The van der Waals surface area contributed by atoms with Crippen molar-refractivity contribution in [2.24, 2.45) is 0 Å². The summed E-state index contributed by atoms with van der Waals surface area (Å²) in [6.45, 7) is 5.91. The molecule has 0 bridgehead atoms. The molecule has 4 aromatic rings. The average Bonchev–Trinajstić information content (AvgIpc) is 3.17. The molecule has 30 heavy (non-hydrogen) atoms. The number of nitrogens with one attached hydrogen (secondary N) is 2. The summed E-state index contributed by atoms with van der Waals surface area (Å²) in [6.07, 6.45) is 0. The maximum atomic E-state index is 13.2. The first kappa shape index (κ1) is 20.0. The maximum absolute atomic E-state index is 13.2. The highest BCUT2D eigenvalue weighted by molar-refractivity contribution is 5.67. The Balaban J connectivity index is 1.72. The van der Waals surface area contributed by atoms with E-state index in [1.807, 2.05) is 30.3 Å². The van der Waals surface area contributed by atoms with Crippen LogP contribution in [0, 0.1) is 12.7 Å². The lowest BCUT2D eigenvalue weighted by molar-refractivity contribution is 0.628. The van der Waals surface area contributed by atoms with Gasteiger partial charge in [-0.3, -0.25) is 5.10 Å². The van der Waals surface area contributed by atoms with E-state index in [0.717, 1.165) is 41.2 Å². The monoisotopic (exact) mass is 399 g/mol. The predicted octanol–water partition coefficient (Wildman–Crippen LogP) is 5.93. The zero-order valence-corrected chi connectivity index (χ0v) is 17.3. The Morgan fingerprint density at radius 1 is 0.867 bits per heavy atom. The standard InChI is InChI=1S/C26H26FN3/c1-3-28-17-24(25-18(2)29-30-26(25)22-7-5-4-6-8-22)21-11-9-19(10-12-21)20-13-15-23(27)16-14-20/h4-16,24,28H,3,17H2,1-2H3,(H,29,30). The van der Waals surface area contributed by atoms with Crippen molar-refractivity contribution in [2.75, 3.05) is 13.1 Å².